The molecule has 0 spiro atoms. The molecule has 0 aliphatic carbocycles. The fourth-order valence-corrected chi connectivity index (χ4v) is 2.31. The van der Waals surface area contributed by atoms with Crippen molar-refractivity contribution in [1.82, 2.24) is 0 Å². The Labute approximate surface area is 115 Å². The first kappa shape index (κ1) is 16.0. The van der Waals surface area contributed by atoms with Crippen molar-refractivity contribution in [2.45, 2.75) is 31.8 Å². The second kappa shape index (κ2) is 7.48. The molecule has 0 bridgehead atoms. The summed E-state index contributed by atoms with van der Waals surface area (Å²) in [6, 6.07) is 5.97. The zero-order chi connectivity index (χ0) is 14.3. The first-order chi connectivity index (χ1) is 9.04. The van der Waals surface area contributed by atoms with Crippen LogP contribution in [0.5, 0.6) is 5.75 Å². The predicted octanol–water partition coefficient (Wildman–Crippen LogP) is 1.66. The van der Waals surface area contributed by atoms with Crippen LogP contribution in [0.3, 0.4) is 0 Å². The van der Waals surface area contributed by atoms with E-state index >= 15 is 0 Å². The number of rotatable bonds is 8. The molecule has 1 aromatic rings. The van der Waals surface area contributed by atoms with Crippen molar-refractivity contribution in [3.8, 4) is 5.75 Å². The van der Waals surface area contributed by atoms with Crippen LogP contribution in [0, 0.1) is 6.92 Å². The summed E-state index contributed by atoms with van der Waals surface area (Å²) >= 11 is 0. The molecule has 108 valence electrons. The third-order valence-electron chi connectivity index (χ3n) is 3.21. The minimum atomic E-state index is -0.894. The van der Waals surface area contributed by atoms with Gasteiger partial charge < -0.3 is 20.3 Å². The molecule has 0 radical (unpaired) electrons. The van der Waals surface area contributed by atoms with E-state index in [9.17, 15) is 5.11 Å². The summed E-state index contributed by atoms with van der Waals surface area (Å²) < 4.78 is 10.5. The van der Waals surface area contributed by atoms with Crippen molar-refractivity contribution in [3.05, 3.63) is 29.3 Å². The van der Waals surface area contributed by atoms with Crippen LogP contribution in [0.2, 0.25) is 0 Å². The quantitative estimate of drug-likeness (QED) is 0.752. The van der Waals surface area contributed by atoms with Gasteiger partial charge in [-0.05, 0) is 37.9 Å². The Morgan fingerprint density at radius 1 is 1.32 bits per heavy atom. The Bertz CT molecular complexity index is 395. The number of methoxy groups -OCH3 is 2. The van der Waals surface area contributed by atoms with Crippen LogP contribution in [-0.4, -0.2) is 38.1 Å². The molecule has 1 atom stereocenters. The Morgan fingerprint density at radius 3 is 2.63 bits per heavy atom. The maximum absolute atomic E-state index is 10.7. The summed E-state index contributed by atoms with van der Waals surface area (Å²) in [4.78, 5) is 0. The van der Waals surface area contributed by atoms with Crippen LogP contribution in [0.25, 0.3) is 0 Å². The molecule has 0 heterocycles. The molecule has 4 heteroatoms. The fourth-order valence-electron chi connectivity index (χ4n) is 2.31. The van der Waals surface area contributed by atoms with Crippen LogP contribution >= 0.6 is 0 Å². The Morgan fingerprint density at radius 2 is 2.05 bits per heavy atom. The van der Waals surface area contributed by atoms with E-state index in [-0.39, 0.29) is 0 Å². The lowest BCUT2D eigenvalue weighted by Crippen LogP contribution is -2.37. The molecule has 0 saturated heterocycles. The molecule has 0 amide bonds. The second-order valence-electron chi connectivity index (χ2n) is 5.04. The maximum atomic E-state index is 10.7. The summed E-state index contributed by atoms with van der Waals surface area (Å²) in [6.07, 6.45) is 1.90. The van der Waals surface area contributed by atoms with Crippen molar-refractivity contribution in [2.24, 2.45) is 5.73 Å². The minimum absolute atomic E-state index is 0.296. The predicted molar refractivity (Wildman–Crippen MR) is 76.5 cm³/mol. The second-order valence-corrected chi connectivity index (χ2v) is 5.04. The highest BCUT2D eigenvalue weighted by molar-refractivity contribution is 5.37. The van der Waals surface area contributed by atoms with Gasteiger partial charge in [-0.25, -0.2) is 0 Å². The van der Waals surface area contributed by atoms with Gasteiger partial charge in [0.2, 0.25) is 0 Å². The van der Waals surface area contributed by atoms with Crippen molar-refractivity contribution >= 4 is 0 Å². The van der Waals surface area contributed by atoms with E-state index in [4.69, 9.17) is 15.2 Å². The van der Waals surface area contributed by atoms with Crippen LogP contribution in [0.1, 0.15) is 24.0 Å². The van der Waals surface area contributed by atoms with Gasteiger partial charge >= 0.3 is 0 Å². The van der Waals surface area contributed by atoms with Gasteiger partial charge in [0, 0.05) is 13.5 Å². The molecule has 19 heavy (non-hydrogen) atoms. The monoisotopic (exact) mass is 267 g/mol. The van der Waals surface area contributed by atoms with Crippen molar-refractivity contribution in [2.75, 3.05) is 27.4 Å². The molecular weight excluding hydrogens is 242 g/mol. The highest BCUT2D eigenvalue weighted by atomic mass is 16.5. The zero-order valence-electron chi connectivity index (χ0n) is 12.1. The molecule has 3 N–H and O–H groups in total. The molecule has 4 nitrogen and oxygen atoms in total. The van der Waals surface area contributed by atoms with E-state index in [0.29, 0.717) is 26.0 Å². The maximum Gasteiger partial charge on any atom is 0.122 e. The third kappa shape index (κ3) is 4.82. The van der Waals surface area contributed by atoms with E-state index in [1.54, 1.807) is 14.2 Å². The van der Waals surface area contributed by atoms with Gasteiger partial charge in [-0.1, -0.05) is 17.7 Å². The van der Waals surface area contributed by atoms with Crippen LogP contribution in [0.15, 0.2) is 18.2 Å². The number of benzene rings is 1. The van der Waals surface area contributed by atoms with Gasteiger partial charge in [0.05, 0.1) is 19.3 Å². The van der Waals surface area contributed by atoms with Crippen LogP contribution in [0.4, 0.5) is 0 Å². The lowest BCUT2D eigenvalue weighted by atomic mass is 9.89. The van der Waals surface area contributed by atoms with Gasteiger partial charge in [-0.2, -0.15) is 0 Å². The van der Waals surface area contributed by atoms with Crippen molar-refractivity contribution < 1.29 is 14.6 Å². The summed E-state index contributed by atoms with van der Waals surface area (Å²) in [5.74, 6) is 0.799. The molecule has 1 aromatic carbocycles. The number of hydrogen-bond acceptors (Lipinski definition) is 4. The summed E-state index contributed by atoms with van der Waals surface area (Å²) in [5.41, 5.74) is 6.78. The molecular formula is C15H25NO3. The zero-order valence-corrected chi connectivity index (χ0v) is 12.1. The van der Waals surface area contributed by atoms with Gasteiger partial charge in [-0.3, -0.25) is 0 Å². The number of nitrogens with two attached hydrogens (primary N) is 1. The molecule has 0 saturated carbocycles. The highest BCUT2D eigenvalue weighted by Crippen LogP contribution is 2.27. The molecule has 1 rings (SSSR count). The lowest BCUT2D eigenvalue weighted by Gasteiger charge is -2.28. The van der Waals surface area contributed by atoms with E-state index in [2.05, 4.69) is 0 Å². The Balaban J connectivity index is 2.91. The summed E-state index contributed by atoms with van der Waals surface area (Å²) in [5, 5.41) is 10.7. The number of ether oxygens (including phenoxy) is 2. The minimum Gasteiger partial charge on any atom is -0.496 e. The van der Waals surface area contributed by atoms with E-state index < -0.39 is 5.60 Å². The SMILES string of the molecule is COCC(O)(CCCN)Cc1cc(C)ccc1OC. The van der Waals surface area contributed by atoms with Gasteiger partial charge in [0.15, 0.2) is 0 Å². The first-order valence-electron chi connectivity index (χ1n) is 6.59. The average Bonchev–Trinajstić information content (AvgIpc) is 2.37. The van der Waals surface area contributed by atoms with Gasteiger partial charge in [0.1, 0.15) is 5.75 Å². The Kier molecular flexibility index (Phi) is 6.28. The molecule has 0 aliphatic heterocycles. The molecule has 0 aromatic heterocycles. The van der Waals surface area contributed by atoms with Crippen molar-refractivity contribution in [3.63, 3.8) is 0 Å². The number of aryl methyl sites for hydroxylation is 1. The summed E-state index contributed by atoms with van der Waals surface area (Å²) in [6.45, 7) is 2.89. The van der Waals surface area contributed by atoms with E-state index in [1.807, 2.05) is 25.1 Å². The van der Waals surface area contributed by atoms with E-state index in [0.717, 1.165) is 23.3 Å². The summed E-state index contributed by atoms with van der Waals surface area (Å²) in [7, 11) is 3.24. The van der Waals surface area contributed by atoms with E-state index in [1.165, 1.54) is 0 Å². The van der Waals surface area contributed by atoms with Crippen molar-refractivity contribution in [1.29, 1.82) is 0 Å². The number of hydrogen-bond donors (Lipinski definition) is 2. The molecule has 0 fully saturated rings. The Hall–Kier alpha value is -1.10. The van der Waals surface area contributed by atoms with Gasteiger partial charge in [0.25, 0.3) is 0 Å². The third-order valence-corrected chi connectivity index (χ3v) is 3.21. The topological polar surface area (TPSA) is 64.7 Å². The average molecular weight is 267 g/mol. The standard InChI is InChI=1S/C15H25NO3/c1-12-5-6-14(19-3)13(9-12)10-15(17,11-18-2)7-4-8-16/h5-6,9,17H,4,7-8,10-11,16H2,1-3H3. The fraction of sp³-hybridized carbons (Fsp3) is 0.600. The normalized spacial score (nSPS) is 14.2. The smallest absolute Gasteiger partial charge is 0.122 e. The highest BCUT2D eigenvalue weighted by Gasteiger charge is 2.28. The molecule has 0 aliphatic rings. The largest absolute Gasteiger partial charge is 0.496 e. The van der Waals surface area contributed by atoms with Crippen LogP contribution in [-0.2, 0) is 11.2 Å². The molecule has 1 unspecified atom stereocenters. The first-order valence-corrected chi connectivity index (χ1v) is 6.59. The van der Waals surface area contributed by atoms with Gasteiger partial charge in [-0.15, -0.1) is 0 Å². The number of aliphatic hydroxyl groups is 1. The van der Waals surface area contributed by atoms with Crippen LogP contribution < -0.4 is 10.5 Å². The lowest BCUT2D eigenvalue weighted by molar-refractivity contribution is -0.0378.